The maximum absolute atomic E-state index is 12.7. The molecule has 116 valence electrons. The van der Waals surface area contributed by atoms with Gasteiger partial charge in [-0.25, -0.2) is 4.39 Å². The van der Waals surface area contributed by atoms with Gasteiger partial charge in [-0.1, -0.05) is 12.1 Å². The van der Waals surface area contributed by atoms with Crippen LogP contribution in [-0.4, -0.2) is 19.1 Å². The summed E-state index contributed by atoms with van der Waals surface area (Å²) in [5.41, 5.74) is 0.945. The molecule has 0 unspecified atom stereocenters. The second-order valence-corrected chi connectivity index (χ2v) is 4.60. The molecule has 4 nitrogen and oxygen atoms in total. The standard InChI is InChI=1S/C17H18FNO3/c1-2-21-16-5-3-4-13(10-16)11-19-17(20)12-22-15-8-6-14(18)7-9-15/h3-10H,2,11-12H2,1H3,(H,19,20). The molecule has 0 atom stereocenters. The van der Waals surface area contributed by atoms with Crippen molar-refractivity contribution >= 4 is 5.91 Å². The first-order valence-electron chi connectivity index (χ1n) is 7.04. The number of nitrogens with one attached hydrogen (secondary N) is 1. The molecule has 0 aliphatic rings. The molecule has 0 bridgehead atoms. The Kier molecular flexibility index (Phi) is 5.77. The molecule has 0 aromatic heterocycles. The monoisotopic (exact) mass is 303 g/mol. The van der Waals surface area contributed by atoms with Gasteiger partial charge in [0.1, 0.15) is 17.3 Å². The van der Waals surface area contributed by atoms with Crippen LogP contribution in [0.5, 0.6) is 11.5 Å². The topological polar surface area (TPSA) is 47.6 Å². The number of carbonyl (C=O) groups is 1. The first-order valence-corrected chi connectivity index (χ1v) is 7.04. The predicted octanol–water partition coefficient (Wildman–Crippen LogP) is 2.92. The molecule has 0 spiro atoms. The van der Waals surface area contributed by atoms with Crippen molar-refractivity contribution < 1.29 is 18.7 Å². The van der Waals surface area contributed by atoms with Crippen molar-refractivity contribution in [1.82, 2.24) is 5.32 Å². The Balaban J connectivity index is 1.77. The quantitative estimate of drug-likeness (QED) is 0.855. The molecule has 22 heavy (non-hydrogen) atoms. The Hall–Kier alpha value is -2.56. The second kappa shape index (κ2) is 8.02. The number of hydrogen-bond acceptors (Lipinski definition) is 3. The Bertz CT molecular complexity index is 614. The lowest BCUT2D eigenvalue weighted by Crippen LogP contribution is -2.28. The molecule has 0 aliphatic carbocycles. The highest BCUT2D eigenvalue weighted by Crippen LogP contribution is 2.13. The van der Waals surface area contributed by atoms with Crippen LogP contribution in [0, 0.1) is 5.82 Å². The van der Waals surface area contributed by atoms with Gasteiger partial charge in [0.2, 0.25) is 0 Å². The predicted molar refractivity (Wildman–Crippen MR) is 81.4 cm³/mol. The molecule has 5 heteroatoms. The smallest absolute Gasteiger partial charge is 0.258 e. The molecule has 2 rings (SSSR count). The first kappa shape index (κ1) is 15.8. The lowest BCUT2D eigenvalue weighted by molar-refractivity contribution is -0.123. The van der Waals surface area contributed by atoms with E-state index in [1.165, 1.54) is 24.3 Å². The molecule has 1 N–H and O–H groups in total. The van der Waals surface area contributed by atoms with E-state index in [1.54, 1.807) is 0 Å². The summed E-state index contributed by atoms with van der Waals surface area (Å²) < 4.78 is 23.4. The van der Waals surface area contributed by atoms with Crippen molar-refractivity contribution in [3.63, 3.8) is 0 Å². The van der Waals surface area contributed by atoms with E-state index in [9.17, 15) is 9.18 Å². The van der Waals surface area contributed by atoms with Gasteiger partial charge >= 0.3 is 0 Å². The minimum absolute atomic E-state index is 0.114. The molecular weight excluding hydrogens is 285 g/mol. The normalized spacial score (nSPS) is 10.1. The van der Waals surface area contributed by atoms with E-state index in [4.69, 9.17) is 9.47 Å². The van der Waals surface area contributed by atoms with E-state index in [0.717, 1.165) is 11.3 Å². The average Bonchev–Trinajstić information content (AvgIpc) is 2.53. The van der Waals surface area contributed by atoms with E-state index in [1.807, 2.05) is 31.2 Å². The summed E-state index contributed by atoms with van der Waals surface area (Å²) in [5, 5.41) is 2.76. The van der Waals surface area contributed by atoms with Crippen LogP contribution in [0.25, 0.3) is 0 Å². The number of ether oxygens (including phenoxy) is 2. The van der Waals surface area contributed by atoms with Gasteiger partial charge in [-0.15, -0.1) is 0 Å². The Morgan fingerprint density at radius 1 is 1.09 bits per heavy atom. The summed E-state index contributed by atoms with van der Waals surface area (Å²) in [5.74, 6) is 0.642. The van der Waals surface area contributed by atoms with Gasteiger partial charge in [0.05, 0.1) is 6.61 Å². The molecule has 0 radical (unpaired) electrons. The molecule has 0 saturated heterocycles. The first-order chi connectivity index (χ1) is 10.7. The van der Waals surface area contributed by atoms with E-state index >= 15 is 0 Å². The van der Waals surface area contributed by atoms with Crippen molar-refractivity contribution in [2.45, 2.75) is 13.5 Å². The van der Waals surface area contributed by atoms with Gasteiger partial charge in [-0.05, 0) is 48.9 Å². The lowest BCUT2D eigenvalue weighted by Gasteiger charge is -2.09. The van der Waals surface area contributed by atoms with E-state index in [-0.39, 0.29) is 18.3 Å². The average molecular weight is 303 g/mol. The van der Waals surface area contributed by atoms with Crippen LogP contribution in [0.15, 0.2) is 48.5 Å². The van der Waals surface area contributed by atoms with Crippen LogP contribution < -0.4 is 14.8 Å². The van der Waals surface area contributed by atoms with Crippen molar-refractivity contribution in [2.75, 3.05) is 13.2 Å². The second-order valence-electron chi connectivity index (χ2n) is 4.60. The summed E-state index contributed by atoms with van der Waals surface area (Å²) in [6.07, 6.45) is 0. The summed E-state index contributed by atoms with van der Waals surface area (Å²) in [7, 11) is 0. The third-order valence-electron chi connectivity index (χ3n) is 2.88. The summed E-state index contributed by atoms with van der Waals surface area (Å²) in [4.78, 5) is 11.7. The largest absolute Gasteiger partial charge is 0.494 e. The van der Waals surface area contributed by atoms with E-state index in [0.29, 0.717) is 18.9 Å². The minimum atomic E-state index is -0.342. The van der Waals surface area contributed by atoms with Gasteiger partial charge in [0.25, 0.3) is 5.91 Å². The number of halogens is 1. The maximum Gasteiger partial charge on any atom is 0.258 e. The molecular formula is C17H18FNO3. The molecule has 0 saturated carbocycles. The Labute approximate surface area is 128 Å². The lowest BCUT2D eigenvalue weighted by atomic mass is 10.2. The van der Waals surface area contributed by atoms with E-state index < -0.39 is 0 Å². The van der Waals surface area contributed by atoms with Gasteiger partial charge in [0, 0.05) is 6.54 Å². The molecule has 0 heterocycles. The Morgan fingerprint density at radius 3 is 2.59 bits per heavy atom. The van der Waals surface area contributed by atoms with Gasteiger partial charge in [-0.2, -0.15) is 0 Å². The fraction of sp³-hybridized carbons (Fsp3) is 0.235. The number of amides is 1. The van der Waals surface area contributed by atoms with Crippen molar-refractivity contribution in [1.29, 1.82) is 0 Å². The fourth-order valence-corrected chi connectivity index (χ4v) is 1.84. The van der Waals surface area contributed by atoms with Crippen LogP contribution in [0.2, 0.25) is 0 Å². The van der Waals surface area contributed by atoms with Crippen molar-refractivity contribution in [3.05, 3.63) is 59.9 Å². The van der Waals surface area contributed by atoms with Crippen LogP contribution in [0.4, 0.5) is 4.39 Å². The molecule has 0 fully saturated rings. The maximum atomic E-state index is 12.7. The van der Waals surface area contributed by atoms with E-state index in [2.05, 4.69) is 5.32 Å². The van der Waals surface area contributed by atoms with Crippen LogP contribution in [0.3, 0.4) is 0 Å². The molecule has 1 amide bonds. The van der Waals surface area contributed by atoms with Crippen molar-refractivity contribution in [3.8, 4) is 11.5 Å². The number of hydrogen-bond donors (Lipinski definition) is 1. The zero-order chi connectivity index (χ0) is 15.8. The van der Waals surface area contributed by atoms with Gasteiger partial charge in [0.15, 0.2) is 6.61 Å². The van der Waals surface area contributed by atoms with Crippen LogP contribution in [-0.2, 0) is 11.3 Å². The van der Waals surface area contributed by atoms with Crippen LogP contribution >= 0.6 is 0 Å². The fourth-order valence-electron chi connectivity index (χ4n) is 1.84. The number of rotatable bonds is 7. The highest BCUT2D eigenvalue weighted by atomic mass is 19.1. The highest BCUT2D eigenvalue weighted by molar-refractivity contribution is 5.77. The SMILES string of the molecule is CCOc1cccc(CNC(=O)COc2ccc(F)cc2)c1. The van der Waals surface area contributed by atoms with Crippen LogP contribution in [0.1, 0.15) is 12.5 Å². The Morgan fingerprint density at radius 2 is 1.86 bits per heavy atom. The van der Waals surface area contributed by atoms with Gasteiger partial charge < -0.3 is 14.8 Å². The molecule has 2 aromatic carbocycles. The number of benzene rings is 2. The highest BCUT2D eigenvalue weighted by Gasteiger charge is 2.04. The number of carbonyl (C=O) groups excluding carboxylic acids is 1. The van der Waals surface area contributed by atoms with Gasteiger partial charge in [-0.3, -0.25) is 4.79 Å². The molecule has 0 aliphatic heterocycles. The summed E-state index contributed by atoms with van der Waals surface area (Å²) in [6, 6.07) is 13.1. The summed E-state index contributed by atoms with van der Waals surface area (Å²) >= 11 is 0. The third-order valence-corrected chi connectivity index (χ3v) is 2.88. The minimum Gasteiger partial charge on any atom is -0.494 e. The zero-order valence-corrected chi connectivity index (χ0v) is 12.3. The molecule has 2 aromatic rings. The zero-order valence-electron chi connectivity index (χ0n) is 12.3. The third kappa shape index (κ3) is 5.09. The summed E-state index contributed by atoms with van der Waals surface area (Å²) in [6.45, 7) is 2.80. The van der Waals surface area contributed by atoms with Crippen molar-refractivity contribution in [2.24, 2.45) is 0 Å².